The molecule has 1 heterocycles. The molecule has 0 fully saturated rings. The lowest BCUT2D eigenvalue weighted by molar-refractivity contribution is -0.384. The van der Waals surface area contributed by atoms with Crippen molar-refractivity contribution in [3.63, 3.8) is 0 Å². The van der Waals surface area contributed by atoms with Crippen molar-refractivity contribution < 1.29 is 21.8 Å². The fourth-order valence-electron chi connectivity index (χ4n) is 3.67. The van der Waals surface area contributed by atoms with Crippen LogP contribution in [0.1, 0.15) is 23.6 Å². The van der Waals surface area contributed by atoms with E-state index in [1.807, 2.05) is 0 Å². The van der Waals surface area contributed by atoms with Gasteiger partial charge in [0.2, 0.25) is 10.0 Å². The van der Waals surface area contributed by atoms with Gasteiger partial charge in [-0.1, -0.05) is 35.9 Å². The summed E-state index contributed by atoms with van der Waals surface area (Å²) in [4.78, 5) is 10.7. The first-order valence-electron chi connectivity index (χ1n) is 10.1. The maximum Gasteiger partial charge on any atom is 0.279 e. The number of nitrogens with zero attached hydrogens (tertiary/aromatic N) is 3. The Bertz CT molecular complexity index is 1540. The number of nitrogens with one attached hydrogen (secondary N) is 1. The number of benzene rings is 3. The molecule has 13 heteroatoms. The van der Waals surface area contributed by atoms with Crippen molar-refractivity contribution in [2.24, 2.45) is 5.10 Å². The predicted molar refractivity (Wildman–Crippen MR) is 132 cm³/mol. The predicted octanol–water partition coefficient (Wildman–Crippen LogP) is 4.16. The highest BCUT2D eigenvalue weighted by molar-refractivity contribution is 7.92. The summed E-state index contributed by atoms with van der Waals surface area (Å²) >= 11 is 5.91. The lowest BCUT2D eigenvalue weighted by Gasteiger charge is -2.23. The molecule has 1 aliphatic rings. The van der Waals surface area contributed by atoms with Gasteiger partial charge >= 0.3 is 0 Å². The largest absolute Gasteiger partial charge is 0.284 e. The third kappa shape index (κ3) is 5.45. The van der Waals surface area contributed by atoms with E-state index in [4.69, 9.17) is 11.6 Å². The Morgan fingerprint density at radius 3 is 2.37 bits per heavy atom. The first-order valence-corrected chi connectivity index (χ1v) is 13.8. The summed E-state index contributed by atoms with van der Waals surface area (Å²) in [5.41, 5.74) is 1.37. The van der Waals surface area contributed by atoms with Crippen LogP contribution in [0, 0.1) is 10.1 Å². The van der Waals surface area contributed by atoms with Crippen molar-refractivity contribution >= 4 is 48.7 Å². The number of nitro benzene ring substituents is 1. The third-order valence-electron chi connectivity index (χ3n) is 5.20. The van der Waals surface area contributed by atoms with E-state index in [-0.39, 0.29) is 17.0 Å². The second kappa shape index (κ2) is 9.29. The zero-order valence-corrected chi connectivity index (χ0v) is 20.6. The zero-order chi connectivity index (χ0) is 25.4. The first-order chi connectivity index (χ1) is 16.4. The van der Waals surface area contributed by atoms with Gasteiger partial charge < -0.3 is 0 Å². The molecule has 0 amide bonds. The van der Waals surface area contributed by atoms with Crippen LogP contribution in [0.5, 0.6) is 0 Å². The number of halogens is 1. The number of hydrogen-bond acceptors (Lipinski definition) is 7. The van der Waals surface area contributed by atoms with Gasteiger partial charge in [-0.3, -0.25) is 14.8 Å². The summed E-state index contributed by atoms with van der Waals surface area (Å²) in [7, 11) is -7.69. The average Bonchev–Trinajstić information content (AvgIpc) is 3.25. The van der Waals surface area contributed by atoms with Crippen LogP contribution >= 0.6 is 11.6 Å². The highest BCUT2D eigenvalue weighted by atomic mass is 35.5. The summed E-state index contributed by atoms with van der Waals surface area (Å²) in [5.74, 6) is 0. The third-order valence-corrected chi connectivity index (χ3v) is 7.75. The van der Waals surface area contributed by atoms with Crippen LogP contribution in [0.15, 0.2) is 82.8 Å². The van der Waals surface area contributed by atoms with Crippen molar-refractivity contribution in [1.29, 1.82) is 0 Å². The minimum absolute atomic E-state index is 0.0465. The van der Waals surface area contributed by atoms with Gasteiger partial charge in [-0.15, -0.1) is 0 Å². The highest BCUT2D eigenvalue weighted by Crippen LogP contribution is 2.38. The van der Waals surface area contributed by atoms with Gasteiger partial charge in [0, 0.05) is 29.3 Å². The van der Waals surface area contributed by atoms with E-state index < -0.39 is 31.0 Å². The van der Waals surface area contributed by atoms with Gasteiger partial charge in [0.05, 0.1) is 27.8 Å². The van der Waals surface area contributed by atoms with Crippen molar-refractivity contribution in [1.82, 2.24) is 4.41 Å². The van der Waals surface area contributed by atoms with E-state index in [9.17, 15) is 26.9 Å². The molecule has 1 N–H and O–H groups in total. The van der Waals surface area contributed by atoms with E-state index in [0.717, 1.165) is 10.7 Å². The van der Waals surface area contributed by atoms with Crippen LogP contribution in [0.3, 0.4) is 0 Å². The van der Waals surface area contributed by atoms with E-state index in [1.165, 1.54) is 42.5 Å². The lowest BCUT2D eigenvalue weighted by Crippen LogP contribution is -2.27. The molecule has 0 unspecified atom stereocenters. The molecule has 4 rings (SSSR count). The Morgan fingerprint density at radius 2 is 1.71 bits per heavy atom. The standard InChI is InChI=1S/C22H19ClN4O6S2/c1-34(30,31)25-18-6-2-4-15(12-18)21-14-22(16-5-3-7-19(13-16)27(28)29)26(24-21)35(32,33)20-10-8-17(23)9-11-20/h2-13,22,25H,14H2,1H3/t22-/m0/s1. The number of nitro groups is 1. The minimum Gasteiger partial charge on any atom is -0.284 e. The van der Waals surface area contributed by atoms with Crippen LogP contribution in [0.25, 0.3) is 0 Å². The Labute approximate surface area is 207 Å². The molecule has 10 nitrogen and oxygen atoms in total. The summed E-state index contributed by atoms with van der Waals surface area (Å²) in [6.07, 6.45) is 1.13. The molecule has 35 heavy (non-hydrogen) atoms. The first kappa shape index (κ1) is 24.6. The van der Waals surface area contributed by atoms with Crippen LogP contribution in [-0.2, 0) is 20.0 Å². The average molecular weight is 535 g/mol. The second-order valence-corrected chi connectivity index (χ2v) is 11.8. The van der Waals surface area contributed by atoms with Crippen molar-refractivity contribution in [2.75, 3.05) is 11.0 Å². The van der Waals surface area contributed by atoms with Crippen molar-refractivity contribution in [2.45, 2.75) is 17.4 Å². The number of hydrazone groups is 1. The molecule has 0 radical (unpaired) electrons. The maximum absolute atomic E-state index is 13.5. The summed E-state index contributed by atoms with van der Waals surface area (Å²) in [6, 6.07) is 16.8. The lowest BCUT2D eigenvalue weighted by atomic mass is 9.98. The van der Waals surface area contributed by atoms with Crippen LogP contribution < -0.4 is 4.72 Å². The Hall–Kier alpha value is -3.48. The number of anilines is 1. The molecule has 0 saturated heterocycles. The minimum atomic E-state index is -4.16. The number of non-ortho nitro benzene ring substituents is 1. The SMILES string of the molecule is CS(=O)(=O)Nc1cccc(C2=NN(S(=O)(=O)c3ccc(Cl)cc3)[C@H](c3cccc([N+](=O)[O-])c3)C2)c1. The summed E-state index contributed by atoms with van der Waals surface area (Å²) < 4.78 is 53.6. The molecule has 182 valence electrons. The van der Waals surface area contributed by atoms with Crippen molar-refractivity contribution in [3.8, 4) is 0 Å². The maximum atomic E-state index is 13.5. The van der Waals surface area contributed by atoms with Gasteiger partial charge in [-0.2, -0.15) is 17.9 Å². The van der Waals surface area contributed by atoms with Crippen LogP contribution in [-0.4, -0.2) is 38.1 Å². The van der Waals surface area contributed by atoms with E-state index in [2.05, 4.69) is 9.82 Å². The van der Waals surface area contributed by atoms with Crippen LogP contribution in [0.2, 0.25) is 5.02 Å². The van der Waals surface area contributed by atoms with Gasteiger partial charge in [-0.25, -0.2) is 8.42 Å². The van der Waals surface area contributed by atoms with Crippen molar-refractivity contribution in [3.05, 3.63) is 99.1 Å². The van der Waals surface area contributed by atoms with Gasteiger partial charge in [0.1, 0.15) is 0 Å². The number of hydrogen-bond donors (Lipinski definition) is 1. The Morgan fingerprint density at radius 1 is 1.03 bits per heavy atom. The van der Waals surface area contributed by atoms with Gasteiger partial charge in [0.15, 0.2) is 0 Å². The molecule has 0 spiro atoms. The monoisotopic (exact) mass is 534 g/mol. The molecule has 0 bridgehead atoms. The fourth-order valence-corrected chi connectivity index (χ4v) is 5.78. The molecule has 0 aromatic heterocycles. The number of sulfonamides is 2. The second-order valence-electron chi connectivity index (χ2n) is 7.81. The number of rotatable bonds is 7. The summed E-state index contributed by atoms with van der Waals surface area (Å²) in [6.45, 7) is 0. The molecular weight excluding hydrogens is 516 g/mol. The highest BCUT2D eigenvalue weighted by Gasteiger charge is 2.38. The zero-order valence-electron chi connectivity index (χ0n) is 18.2. The van der Waals surface area contributed by atoms with E-state index in [1.54, 1.807) is 30.3 Å². The molecule has 1 aliphatic heterocycles. The van der Waals surface area contributed by atoms with Crippen LogP contribution in [0.4, 0.5) is 11.4 Å². The smallest absolute Gasteiger partial charge is 0.279 e. The van der Waals surface area contributed by atoms with E-state index >= 15 is 0 Å². The molecule has 3 aromatic carbocycles. The molecular formula is C22H19ClN4O6S2. The van der Waals surface area contributed by atoms with Gasteiger partial charge in [0.25, 0.3) is 15.7 Å². The fraction of sp³-hybridized carbons (Fsp3) is 0.136. The quantitative estimate of drug-likeness (QED) is 0.356. The van der Waals surface area contributed by atoms with E-state index in [0.29, 0.717) is 27.5 Å². The topological polar surface area (TPSA) is 139 Å². The Balaban J connectivity index is 1.80. The molecule has 0 saturated carbocycles. The molecule has 3 aromatic rings. The summed E-state index contributed by atoms with van der Waals surface area (Å²) in [5, 5.41) is 16.1. The van der Waals surface area contributed by atoms with Gasteiger partial charge in [-0.05, 0) is 47.5 Å². The molecule has 0 aliphatic carbocycles. The normalized spacial score (nSPS) is 16.1. The Kier molecular flexibility index (Phi) is 6.54. The molecule has 1 atom stereocenters.